The molecule has 3 heteroatoms. The first-order valence-electron chi connectivity index (χ1n) is 6.88. The first-order chi connectivity index (χ1) is 9.63. The molecule has 20 heavy (non-hydrogen) atoms. The summed E-state index contributed by atoms with van der Waals surface area (Å²) in [6, 6.07) is 12.6. The van der Waals surface area contributed by atoms with Crippen LogP contribution in [0, 0.1) is 13.8 Å². The van der Waals surface area contributed by atoms with Crippen molar-refractivity contribution >= 4 is 21.6 Å². The van der Waals surface area contributed by atoms with Crippen LogP contribution < -0.4 is 10.1 Å². The minimum Gasteiger partial charge on any atom is -0.488 e. The Kier molecular flexibility index (Phi) is 3.70. The van der Waals surface area contributed by atoms with Crippen molar-refractivity contribution in [3.8, 4) is 5.75 Å². The highest BCUT2D eigenvalue weighted by molar-refractivity contribution is 9.10. The summed E-state index contributed by atoms with van der Waals surface area (Å²) < 4.78 is 7.08. The maximum Gasteiger partial charge on any atom is 0.123 e. The number of hydrogen-bond donors (Lipinski definition) is 1. The number of fused-ring (bicyclic) bond motifs is 1. The van der Waals surface area contributed by atoms with Gasteiger partial charge in [0.15, 0.2) is 0 Å². The number of benzene rings is 2. The van der Waals surface area contributed by atoms with E-state index in [1.807, 2.05) is 12.1 Å². The van der Waals surface area contributed by atoms with Crippen molar-refractivity contribution < 1.29 is 4.74 Å². The Bertz CT molecular complexity index is 639. The van der Waals surface area contributed by atoms with Gasteiger partial charge in [-0.3, -0.25) is 0 Å². The standard InChI is InChI=1S/C17H18BrNO/c1-11-4-3-5-16(12(11)2)19-10-15-9-13-8-14(18)6-7-17(13)20-15/h3-8,15,19H,9-10H2,1-2H3. The van der Waals surface area contributed by atoms with Gasteiger partial charge < -0.3 is 10.1 Å². The maximum atomic E-state index is 5.97. The van der Waals surface area contributed by atoms with Gasteiger partial charge in [0.05, 0.1) is 6.54 Å². The van der Waals surface area contributed by atoms with Gasteiger partial charge in [0.1, 0.15) is 11.9 Å². The molecule has 0 spiro atoms. The summed E-state index contributed by atoms with van der Waals surface area (Å²) in [4.78, 5) is 0. The highest BCUT2D eigenvalue weighted by Gasteiger charge is 2.22. The average Bonchev–Trinajstić information content (AvgIpc) is 2.82. The van der Waals surface area contributed by atoms with Crippen LogP contribution >= 0.6 is 15.9 Å². The number of aryl methyl sites for hydroxylation is 1. The molecule has 1 unspecified atom stereocenters. The van der Waals surface area contributed by atoms with Crippen molar-refractivity contribution in [2.75, 3.05) is 11.9 Å². The summed E-state index contributed by atoms with van der Waals surface area (Å²) in [5.41, 5.74) is 5.11. The van der Waals surface area contributed by atoms with Crippen LogP contribution in [0.2, 0.25) is 0 Å². The van der Waals surface area contributed by atoms with E-state index < -0.39 is 0 Å². The fourth-order valence-corrected chi connectivity index (χ4v) is 2.98. The van der Waals surface area contributed by atoms with E-state index >= 15 is 0 Å². The second-order valence-corrected chi connectivity index (χ2v) is 6.24. The largest absolute Gasteiger partial charge is 0.488 e. The molecule has 0 aliphatic carbocycles. The molecular formula is C17H18BrNO. The molecule has 0 bridgehead atoms. The molecule has 1 atom stereocenters. The van der Waals surface area contributed by atoms with Gasteiger partial charge in [-0.25, -0.2) is 0 Å². The number of hydrogen-bond acceptors (Lipinski definition) is 2. The van der Waals surface area contributed by atoms with E-state index in [0.29, 0.717) is 0 Å². The Morgan fingerprint density at radius 1 is 1.25 bits per heavy atom. The van der Waals surface area contributed by atoms with E-state index in [1.54, 1.807) is 0 Å². The van der Waals surface area contributed by atoms with Gasteiger partial charge in [0.2, 0.25) is 0 Å². The smallest absolute Gasteiger partial charge is 0.123 e. The summed E-state index contributed by atoms with van der Waals surface area (Å²) in [7, 11) is 0. The minimum absolute atomic E-state index is 0.208. The second-order valence-electron chi connectivity index (χ2n) is 5.32. The summed E-state index contributed by atoms with van der Waals surface area (Å²) in [6.07, 6.45) is 1.17. The van der Waals surface area contributed by atoms with Gasteiger partial charge >= 0.3 is 0 Å². The zero-order valence-electron chi connectivity index (χ0n) is 11.7. The van der Waals surface area contributed by atoms with E-state index in [0.717, 1.165) is 23.2 Å². The number of ether oxygens (including phenoxy) is 1. The molecule has 0 amide bonds. The van der Waals surface area contributed by atoms with Gasteiger partial charge in [-0.05, 0) is 54.8 Å². The zero-order chi connectivity index (χ0) is 14.1. The lowest BCUT2D eigenvalue weighted by atomic mass is 10.1. The number of anilines is 1. The summed E-state index contributed by atoms with van der Waals surface area (Å²) in [5, 5.41) is 3.51. The van der Waals surface area contributed by atoms with Gasteiger partial charge in [-0.15, -0.1) is 0 Å². The van der Waals surface area contributed by atoms with Crippen LogP contribution in [0.3, 0.4) is 0 Å². The third-order valence-corrected chi connectivity index (χ3v) is 4.38. The number of halogens is 1. The van der Waals surface area contributed by atoms with Crippen LogP contribution in [0.15, 0.2) is 40.9 Å². The molecule has 0 saturated carbocycles. The van der Waals surface area contributed by atoms with Crippen LogP contribution in [-0.4, -0.2) is 12.6 Å². The van der Waals surface area contributed by atoms with Gasteiger partial charge in [-0.1, -0.05) is 28.1 Å². The molecule has 1 aliphatic rings. The summed E-state index contributed by atoms with van der Waals surface area (Å²) >= 11 is 3.51. The maximum absolute atomic E-state index is 5.97. The molecule has 2 aromatic rings. The van der Waals surface area contributed by atoms with Crippen molar-refractivity contribution in [2.45, 2.75) is 26.4 Å². The molecule has 1 aliphatic heterocycles. The fourth-order valence-electron chi connectivity index (χ4n) is 2.57. The Morgan fingerprint density at radius 2 is 2.10 bits per heavy atom. The fraction of sp³-hybridized carbons (Fsp3) is 0.294. The van der Waals surface area contributed by atoms with Crippen molar-refractivity contribution in [2.24, 2.45) is 0 Å². The molecule has 0 aromatic heterocycles. The molecule has 104 valence electrons. The minimum atomic E-state index is 0.208. The van der Waals surface area contributed by atoms with Crippen molar-refractivity contribution in [3.63, 3.8) is 0 Å². The Hall–Kier alpha value is -1.48. The van der Waals surface area contributed by atoms with E-state index in [-0.39, 0.29) is 6.10 Å². The van der Waals surface area contributed by atoms with Crippen molar-refractivity contribution in [3.05, 3.63) is 57.6 Å². The van der Waals surface area contributed by atoms with Crippen LogP contribution in [0.1, 0.15) is 16.7 Å². The highest BCUT2D eigenvalue weighted by Crippen LogP contribution is 2.31. The number of rotatable bonds is 3. The van der Waals surface area contributed by atoms with E-state index in [9.17, 15) is 0 Å². The van der Waals surface area contributed by atoms with Crippen molar-refractivity contribution in [1.29, 1.82) is 0 Å². The summed E-state index contributed by atoms with van der Waals surface area (Å²) in [6.45, 7) is 5.12. The molecule has 2 nitrogen and oxygen atoms in total. The highest BCUT2D eigenvalue weighted by atomic mass is 79.9. The predicted molar refractivity (Wildman–Crippen MR) is 86.7 cm³/mol. The van der Waals surface area contributed by atoms with E-state index in [4.69, 9.17) is 4.74 Å². The van der Waals surface area contributed by atoms with Crippen molar-refractivity contribution in [1.82, 2.24) is 0 Å². The van der Waals surface area contributed by atoms with Crippen LogP contribution in [0.5, 0.6) is 5.75 Å². The lowest BCUT2D eigenvalue weighted by Gasteiger charge is -2.15. The third kappa shape index (κ3) is 2.68. The first-order valence-corrected chi connectivity index (χ1v) is 7.68. The quantitative estimate of drug-likeness (QED) is 0.895. The molecule has 0 radical (unpaired) electrons. The molecule has 0 saturated heterocycles. The first kappa shape index (κ1) is 13.5. The normalized spacial score (nSPS) is 16.6. The molecule has 0 fully saturated rings. The van der Waals surface area contributed by atoms with Gasteiger partial charge in [-0.2, -0.15) is 0 Å². The molecule has 1 N–H and O–H groups in total. The summed E-state index contributed by atoms with van der Waals surface area (Å²) in [5.74, 6) is 1.01. The average molecular weight is 332 g/mol. The molecular weight excluding hydrogens is 314 g/mol. The SMILES string of the molecule is Cc1cccc(NCC2Cc3cc(Br)ccc3O2)c1C. The number of nitrogens with one attached hydrogen (secondary N) is 1. The second kappa shape index (κ2) is 5.49. The van der Waals surface area contributed by atoms with Crippen LogP contribution in [-0.2, 0) is 6.42 Å². The van der Waals surface area contributed by atoms with Crippen LogP contribution in [0.4, 0.5) is 5.69 Å². The Balaban J connectivity index is 1.65. The van der Waals surface area contributed by atoms with Crippen LogP contribution in [0.25, 0.3) is 0 Å². The lowest BCUT2D eigenvalue weighted by Crippen LogP contribution is -2.24. The van der Waals surface area contributed by atoms with Gasteiger partial charge in [0.25, 0.3) is 0 Å². The Morgan fingerprint density at radius 3 is 2.95 bits per heavy atom. The topological polar surface area (TPSA) is 21.3 Å². The predicted octanol–water partition coefficient (Wildman–Crippen LogP) is 4.48. The molecule has 1 heterocycles. The Labute approximate surface area is 128 Å². The van der Waals surface area contributed by atoms with E-state index in [2.05, 4.69) is 59.4 Å². The lowest BCUT2D eigenvalue weighted by molar-refractivity contribution is 0.246. The molecule has 3 rings (SSSR count). The third-order valence-electron chi connectivity index (χ3n) is 3.89. The zero-order valence-corrected chi connectivity index (χ0v) is 13.3. The monoisotopic (exact) mass is 331 g/mol. The van der Waals surface area contributed by atoms with Gasteiger partial charge in [0, 0.05) is 16.6 Å². The molecule has 2 aromatic carbocycles. The van der Waals surface area contributed by atoms with E-state index in [1.165, 1.54) is 22.4 Å².